The summed E-state index contributed by atoms with van der Waals surface area (Å²) in [6, 6.07) is 15.3. The number of rotatable bonds is 4. The van der Waals surface area contributed by atoms with E-state index >= 15 is 0 Å². The quantitative estimate of drug-likeness (QED) is 0.651. The van der Waals surface area contributed by atoms with Gasteiger partial charge in [0.1, 0.15) is 5.82 Å². The Bertz CT molecular complexity index is 582. The average Bonchev–Trinajstić information content (AvgIpc) is 2.39. The molecule has 1 aliphatic carbocycles. The zero-order valence-electron chi connectivity index (χ0n) is 10.6. The van der Waals surface area contributed by atoms with Gasteiger partial charge in [0.25, 0.3) is 0 Å². The van der Waals surface area contributed by atoms with Gasteiger partial charge in [-0.3, -0.25) is 11.3 Å². The van der Waals surface area contributed by atoms with Crippen LogP contribution in [0.15, 0.2) is 48.5 Å². The summed E-state index contributed by atoms with van der Waals surface area (Å²) in [5.74, 6) is 5.91. The molecule has 3 heteroatoms. The maximum absolute atomic E-state index is 13.2. The molecule has 2 aromatic carbocycles. The fourth-order valence-corrected chi connectivity index (χ4v) is 2.89. The van der Waals surface area contributed by atoms with Gasteiger partial charge in [-0.05, 0) is 41.7 Å². The van der Waals surface area contributed by atoms with E-state index in [4.69, 9.17) is 5.84 Å². The summed E-state index contributed by atoms with van der Waals surface area (Å²) in [5, 5.41) is 0. The number of hydrogen-bond donors (Lipinski definition) is 2. The molecular formula is C16H17FN2. The Morgan fingerprint density at radius 2 is 2.05 bits per heavy atom. The maximum Gasteiger partial charge on any atom is 0.123 e. The first-order valence-electron chi connectivity index (χ1n) is 6.56. The van der Waals surface area contributed by atoms with Gasteiger partial charge in [-0.1, -0.05) is 36.4 Å². The topological polar surface area (TPSA) is 38.0 Å². The number of benzene rings is 2. The molecule has 2 nitrogen and oxygen atoms in total. The van der Waals surface area contributed by atoms with E-state index in [0.29, 0.717) is 5.92 Å². The average molecular weight is 256 g/mol. The van der Waals surface area contributed by atoms with E-state index in [-0.39, 0.29) is 11.9 Å². The third-order valence-corrected chi connectivity index (χ3v) is 3.94. The van der Waals surface area contributed by atoms with Crippen LogP contribution in [0.3, 0.4) is 0 Å². The van der Waals surface area contributed by atoms with Gasteiger partial charge < -0.3 is 0 Å². The van der Waals surface area contributed by atoms with Crippen LogP contribution in [0.2, 0.25) is 0 Å². The molecule has 0 bridgehead atoms. The molecule has 19 heavy (non-hydrogen) atoms. The van der Waals surface area contributed by atoms with Crippen molar-refractivity contribution < 1.29 is 4.39 Å². The lowest BCUT2D eigenvalue weighted by molar-refractivity contribution is 0.403. The van der Waals surface area contributed by atoms with Crippen molar-refractivity contribution in [3.05, 3.63) is 71.0 Å². The summed E-state index contributed by atoms with van der Waals surface area (Å²) in [5.41, 5.74) is 6.63. The number of hydrazine groups is 1. The monoisotopic (exact) mass is 256 g/mol. The Labute approximate surface area is 112 Å². The molecule has 2 aromatic rings. The summed E-state index contributed by atoms with van der Waals surface area (Å²) >= 11 is 0. The molecule has 0 fully saturated rings. The maximum atomic E-state index is 13.2. The van der Waals surface area contributed by atoms with Gasteiger partial charge in [-0.15, -0.1) is 0 Å². The van der Waals surface area contributed by atoms with Crippen LogP contribution in [0, 0.1) is 5.82 Å². The van der Waals surface area contributed by atoms with Gasteiger partial charge >= 0.3 is 0 Å². The molecular weight excluding hydrogens is 239 g/mol. The predicted molar refractivity (Wildman–Crippen MR) is 74.1 cm³/mol. The van der Waals surface area contributed by atoms with Gasteiger partial charge in [-0.25, -0.2) is 4.39 Å². The molecule has 2 atom stereocenters. The van der Waals surface area contributed by atoms with E-state index < -0.39 is 0 Å². The Balaban J connectivity index is 1.76. The van der Waals surface area contributed by atoms with E-state index in [0.717, 1.165) is 18.4 Å². The van der Waals surface area contributed by atoms with Gasteiger partial charge in [0.2, 0.25) is 0 Å². The molecule has 3 N–H and O–H groups in total. The molecule has 3 rings (SSSR count). The number of halogens is 1. The first-order valence-corrected chi connectivity index (χ1v) is 6.56. The smallest absolute Gasteiger partial charge is 0.123 e. The Kier molecular flexibility index (Phi) is 3.32. The van der Waals surface area contributed by atoms with E-state index in [1.165, 1.54) is 17.2 Å². The second-order valence-corrected chi connectivity index (χ2v) is 5.12. The number of nitrogens with two attached hydrogens (primary N) is 1. The second kappa shape index (κ2) is 5.11. The number of fused-ring (bicyclic) bond motifs is 1. The van der Waals surface area contributed by atoms with Gasteiger partial charge in [0.05, 0.1) is 0 Å². The molecule has 0 saturated carbocycles. The molecule has 0 radical (unpaired) electrons. The van der Waals surface area contributed by atoms with E-state index in [1.807, 2.05) is 6.07 Å². The lowest BCUT2D eigenvalue weighted by Crippen LogP contribution is -2.45. The summed E-state index contributed by atoms with van der Waals surface area (Å²) in [6.07, 6.45) is 1.79. The molecule has 2 unspecified atom stereocenters. The lowest BCUT2D eigenvalue weighted by atomic mass is 9.72. The molecule has 0 aliphatic heterocycles. The number of nitrogens with one attached hydrogen (secondary N) is 1. The molecule has 98 valence electrons. The summed E-state index contributed by atoms with van der Waals surface area (Å²) in [6.45, 7) is 0. The molecule has 0 amide bonds. The fourth-order valence-electron chi connectivity index (χ4n) is 2.89. The predicted octanol–water partition coefficient (Wildman–Crippen LogP) is 2.54. The minimum absolute atomic E-state index is 0.150. The normalized spacial score (nSPS) is 18.5. The van der Waals surface area contributed by atoms with Crippen LogP contribution in [0.5, 0.6) is 0 Å². The first-order chi connectivity index (χ1) is 9.28. The minimum Gasteiger partial charge on any atom is -0.271 e. The van der Waals surface area contributed by atoms with Crippen molar-refractivity contribution in [2.45, 2.75) is 24.8 Å². The van der Waals surface area contributed by atoms with Gasteiger partial charge in [0, 0.05) is 12.0 Å². The molecule has 0 saturated heterocycles. The highest BCUT2D eigenvalue weighted by molar-refractivity contribution is 5.41. The Hall–Kier alpha value is -1.71. The fraction of sp³-hybridized carbons (Fsp3) is 0.250. The van der Waals surface area contributed by atoms with E-state index in [9.17, 15) is 4.39 Å². The Morgan fingerprint density at radius 1 is 1.21 bits per heavy atom. The van der Waals surface area contributed by atoms with Crippen molar-refractivity contribution in [2.75, 3.05) is 0 Å². The minimum atomic E-state index is -0.192. The molecule has 0 aromatic heterocycles. The van der Waals surface area contributed by atoms with Crippen LogP contribution in [-0.4, -0.2) is 6.04 Å². The van der Waals surface area contributed by atoms with Crippen molar-refractivity contribution in [3.8, 4) is 0 Å². The van der Waals surface area contributed by atoms with Crippen molar-refractivity contribution >= 4 is 0 Å². The standard InChI is InChI=1S/C16H17FN2/c17-13-6-3-4-11(8-13)9-16(19-18)15-10-12-5-1-2-7-14(12)15/h1-8,15-16,19H,9-10,18H2. The summed E-state index contributed by atoms with van der Waals surface area (Å²) in [7, 11) is 0. The summed E-state index contributed by atoms with van der Waals surface area (Å²) < 4.78 is 13.2. The van der Waals surface area contributed by atoms with Crippen molar-refractivity contribution in [2.24, 2.45) is 5.84 Å². The molecule has 0 heterocycles. The van der Waals surface area contributed by atoms with E-state index in [2.05, 4.69) is 29.7 Å². The van der Waals surface area contributed by atoms with Crippen LogP contribution in [0.25, 0.3) is 0 Å². The largest absolute Gasteiger partial charge is 0.271 e. The van der Waals surface area contributed by atoms with Crippen molar-refractivity contribution in [1.29, 1.82) is 0 Å². The van der Waals surface area contributed by atoms with E-state index in [1.54, 1.807) is 12.1 Å². The Morgan fingerprint density at radius 3 is 2.79 bits per heavy atom. The third-order valence-electron chi connectivity index (χ3n) is 3.94. The summed E-state index contributed by atoms with van der Waals surface area (Å²) in [4.78, 5) is 0. The second-order valence-electron chi connectivity index (χ2n) is 5.12. The lowest BCUT2D eigenvalue weighted by Gasteiger charge is -2.36. The zero-order valence-corrected chi connectivity index (χ0v) is 10.6. The van der Waals surface area contributed by atoms with Crippen LogP contribution in [0.1, 0.15) is 22.6 Å². The third kappa shape index (κ3) is 2.39. The highest BCUT2D eigenvalue weighted by Gasteiger charge is 2.32. The SMILES string of the molecule is NNC(Cc1cccc(F)c1)C1Cc2ccccc21. The molecule has 0 spiro atoms. The molecule has 1 aliphatic rings. The zero-order chi connectivity index (χ0) is 13.2. The van der Waals surface area contributed by atoms with Crippen LogP contribution >= 0.6 is 0 Å². The highest BCUT2D eigenvalue weighted by Crippen LogP contribution is 2.38. The highest BCUT2D eigenvalue weighted by atomic mass is 19.1. The van der Waals surface area contributed by atoms with Crippen molar-refractivity contribution in [3.63, 3.8) is 0 Å². The van der Waals surface area contributed by atoms with Crippen molar-refractivity contribution in [1.82, 2.24) is 5.43 Å². The van der Waals surface area contributed by atoms with Gasteiger partial charge in [-0.2, -0.15) is 0 Å². The van der Waals surface area contributed by atoms with Crippen LogP contribution in [0.4, 0.5) is 4.39 Å². The van der Waals surface area contributed by atoms with Gasteiger partial charge in [0.15, 0.2) is 0 Å². The number of hydrogen-bond acceptors (Lipinski definition) is 2. The first kappa shape index (κ1) is 12.3. The van der Waals surface area contributed by atoms with Crippen LogP contribution < -0.4 is 11.3 Å². The van der Waals surface area contributed by atoms with Crippen LogP contribution in [-0.2, 0) is 12.8 Å².